The number of fused-ring (bicyclic) bond motifs is 3. The smallest absolute Gasteiger partial charge is 0.125 e. The van der Waals surface area contributed by atoms with Crippen molar-refractivity contribution in [3.8, 4) is 0 Å². The van der Waals surface area contributed by atoms with Gasteiger partial charge in [0.25, 0.3) is 0 Å². The average molecular weight is 281 g/mol. The third-order valence-corrected chi connectivity index (χ3v) is 4.18. The summed E-state index contributed by atoms with van der Waals surface area (Å²) >= 11 is 5.27. The van der Waals surface area contributed by atoms with Crippen LogP contribution < -0.4 is 0 Å². The fourth-order valence-electron chi connectivity index (χ4n) is 1.91. The molecule has 0 saturated heterocycles. The first kappa shape index (κ1) is 9.60. The molecule has 0 aliphatic carbocycles. The molecule has 0 amide bonds. The molecule has 1 atom stereocenters. The fourth-order valence-corrected chi connectivity index (χ4v) is 3.22. The van der Waals surface area contributed by atoms with Gasteiger partial charge in [-0.1, -0.05) is 17.8 Å². The van der Waals surface area contributed by atoms with Gasteiger partial charge in [-0.3, -0.25) is 4.99 Å². The van der Waals surface area contributed by atoms with Gasteiger partial charge in [0.05, 0.1) is 11.1 Å². The Hall–Kier alpha value is -0.610. The van der Waals surface area contributed by atoms with Gasteiger partial charge in [-0.15, -0.1) is 0 Å². The molecular formula is C11H9BrN2S. The van der Waals surface area contributed by atoms with Crippen molar-refractivity contribution < 1.29 is 0 Å². The maximum absolute atomic E-state index is 4.63. The lowest BCUT2D eigenvalue weighted by molar-refractivity contribution is 1.06. The van der Waals surface area contributed by atoms with Gasteiger partial charge in [0.1, 0.15) is 10.8 Å². The standard InChI is InChI=1S/C11H9BrN2S/c1-5-3-4-7(12)9-8(5)10-11(14-9)15-6(2)13-10/h3-4,6H,1-2H3. The predicted molar refractivity (Wildman–Crippen MR) is 69.6 cm³/mol. The molecule has 2 nitrogen and oxygen atoms in total. The van der Waals surface area contributed by atoms with Crippen LogP contribution in [0.1, 0.15) is 18.1 Å². The van der Waals surface area contributed by atoms with Crippen LogP contribution >= 0.6 is 27.7 Å². The van der Waals surface area contributed by atoms with Gasteiger partial charge >= 0.3 is 0 Å². The summed E-state index contributed by atoms with van der Waals surface area (Å²) in [5, 5.41) is 1.39. The van der Waals surface area contributed by atoms with Crippen molar-refractivity contribution >= 4 is 44.1 Å². The Bertz CT molecular complexity index is 520. The number of nitrogens with zero attached hydrogens (tertiary/aromatic N) is 2. The Morgan fingerprint density at radius 2 is 2.20 bits per heavy atom. The van der Waals surface area contributed by atoms with Crippen LogP contribution in [0, 0.1) is 6.92 Å². The number of aliphatic imine (C=N–C) groups is 2. The molecule has 1 unspecified atom stereocenters. The third kappa shape index (κ3) is 1.31. The van der Waals surface area contributed by atoms with E-state index < -0.39 is 0 Å². The number of rotatable bonds is 0. The van der Waals surface area contributed by atoms with Crippen LogP contribution in [-0.4, -0.2) is 16.1 Å². The Morgan fingerprint density at radius 3 is 3.00 bits per heavy atom. The summed E-state index contributed by atoms with van der Waals surface area (Å²) in [5.41, 5.74) is 4.58. The molecule has 0 spiro atoms. The van der Waals surface area contributed by atoms with Crippen molar-refractivity contribution in [1.82, 2.24) is 0 Å². The summed E-state index contributed by atoms with van der Waals surface area (Å²) in [7, 11) is 0. The summed E-state index contributed by atoms with van der Waals surface area (Å²) in [4.78, 5) is 9.25. The van der Waals surface area contributed by atoms with Crippen molar-refractivity contribution in [2.24, 2.45) is 9.98 Å². The van der Waals surface area contributed by atoms with Crippen LogP contribution in [0.2, 0.25) is 0 Å². The van der Waals surface area contributed by atoms with Gasteiger partial charge < -0.3 is 0 Å². The molecule has 1 aromatic carbocycles. The summed E-state index contributed by atoms with van der Waals surface area (Å²) < 4.78 is 1.06. The highest BCUT2D eigenvalue weighted by atomic mass is 79.9. The van der Waals surface area contributed by atoms with Crippen molar-refractivity contribution in [2.45, 2.75) is 19.2 Å². The maximum atomic E-state index is 4.63. The zero-order valence-corrected chi connectivity index (χ0v) is 10.8. The molecule has 1 aromatic rings. The molecule has 3 rings (SSSR count). The quantitative estimate of drug-likeness (QED) is 0.712. The van der Waals surface area contributed by atoms with E-state index in [-0.39, 0.29) is 0 Å². The van der Waals surface area contributed by atoms with Crippen LogP contribution in [-0.2, 0) is 0 Å². The van der Waals surface area contributed by atoms with E-state index in [4.69, 9.17) is 0 Å². The monoisotopic (exact) mass is 280 g/mol. The van der Waals surface area contributed by atoms with Gasteiger partial charge in [0, 0.05) is 10.0 Å². The van der Waals surface area contributed by atoms with Gasteiger partial charge in [-0.25, -0.2) is 4.99 Å². The van der Waals surface area contributed by atoms with Crippen molar-refractivity contribution in [1.29, 1.82) is 0 Å². The molecule has 0 bridgehead atoms. The van der Waals surface area contributed by atoms with E-state index >= 15 is 0 Å². The summed E-state index contributed by atoms with van der Waals surface area (Å²) in [5.74, 6) is 0. The number of halogens is 1. The molecule has 15 heavy (non-hydrogen) atoms. The van der Waals surface area contributed by atoms with E-state index in [9.17, 15) is 0 Å². The largest absolute Gasteiger partial charge is 0.268 e. The average Bonchev–Trinajstić information content (AvgIpc) is 2.67. The minimum Gasteiger partial charge on any atom is -0.268 e. The van der Waals surface area contributed by atoms with E-state index in [2.05, 4.69) is 45.8 Å². The molecule has 0 saturated carbocycles. The highest BCUT2D eigenvalue weighted by Gasteiger charge is 2.32. The molecule has 4 heteroatoms. The van der Waals surface area contributed by atoms with Gasteiger partial charge in [-0.05, 0) is 41.4 Å². The number of hydrogen-bond acceptors (Lipinski definition) is 3. The molecule has 0 radical (unpaired) electrons. The summed E-state index contributed by atoms with van der Waals surface area (Å²) in [6.45, 7) is 4.21. The number of thioether (sulfide) groups is 1. The molecule has 2 heterocycles. The second kappa shape index (κ2) is 3.19. The van der Waals surface area contributed by atoms with E-state index in [0.717, 1.165) is 20.9 Å². The molecular weight excluding hydrogens is 272 g/mol. The lowest BCUT2D eigenvalue weighted by atomic mass is 10.0. The van der Waals surface area contributed by atoms with E-state index in [1.165, 1.54) is 11.1 Å². The topological polar surface area (TPSA) is 24.7 Å². The Morgan fingerprint density at radius 1 is 1.40 bits per heavy atom. The Kier molecular flexibility index (Phi) is 2.04. The first-order valence-corrected chi connectivity index (χ1v) is 6.47. The zero-order chi connectivity index (χ0) is 10.6. The van der Waals surface area contributed by atoms with Crippen LogP contribution in [0.3, 0.4) is 0 Å². The third-order valence-electron chi connectivity index (χ3n) is 2.58. The highest BCUT2D eigenvalue weighted by molar-refractivity contribution is 9.10. The highest BCUT2D eigenvalue weighted by Crippen LogP contribution is 2.42. The Balaban J connectivity index is 2.29. The molecule has 2 aliphatic heterocycles. The first-order valence-electron chi connectivity index (χ1n) is 4.80. The molecule has 0 N–H and O–H groups in total. The van der Waals surface area contributed by atoms with Crippen molar-refractivity contribution in [2.75, 3.05) is 0 Å². The SMILES string of the molecule is Cc1ccc(Br)c2c1C1=NC(C)SC1=N2. The maximum Gasteiger partial charge on any atom is 0.125 e. The first-order chi connectivity index (χ1) is 7.16. The molecule has 0 fully saturated rings. The van der Waals surface area contributed by atoms with E-state index in [1.54, 1.807) is 11.8 Å². The summed E-state index contributed by atoms with van der Waals surface area (Å²) in [6.07, 6.45) is 0. The van der Waals surface area contributed by atoms with Crippen LogP contribution in [0.15, 0.2) is 26.6 Å². The minimum absolute atomic E-state index is 0.310. The van der Waals surface area contributed by atoms with E-state index in [1.807, 2.05) is 6.07 Å². The fraction of sp³-hybridized carbons (Fsp3) is 0.273. The molecule has 0 aromatic heterocycles. The van der Waals surface area contributed by atoms with E-state index in [0.29, 0.717) is 5.37 Å². The van der Waals surface area contributed by atoms with Crippen LogP contribution in [0.5, 0.6) is 0 Å². The predicted octanol–water partition coefficient (Wildman–Crippen LogP) is 3.68. The second-order valence-electron chi connectivity index (χ2n) is 3.70. The number of aryl methyl sites for hydroxylation is 1. The summed E-state index contributed by atoms with van der Waals surface area (Å²) in [6, 6.07) is 4.16. The lowest BCUT2D eigenvalue weighted by Crippen LogP contribution is -2.03. The molecule has 76 valence electrons. The molecule has 2 aliphatic rings. The number of benzene rings is 1. The van der Waals surface area contributed by atoms with Gasteiger partial charge in [-0.2, -0.15) is 0 Å². The number of hydrogen-bond donors (Lipinski definition) is 0. The van der Waals surface area contributed by atoms with Crippen LogP contribution in [0.25, 0.3) is 0 Å². The van der Waals surface area contributed by atoms with Crippen molar-refractivity contribution in [3.05, 3.63) is 27.7 Å². The van der Waals surface area contributed by atoms with Crippen molar-refractivity contribution in [3.63, 3.8) is 0 Å². The van der Waals surface area contributed by atoms with Crippen LogP contribution in [0.4, 0.5) is 5.69 Å². The zero-order valence-electron chi connectivity index (χ0n) is 8.41. The lowest BCUT2D eigenvalue weighted by Gasteiger charge is -2.04. The second-order valence-corrected chi connectivity index (χ2v) is 5.86. The van der Waals surface area contributed by atoms with Gasteiger partial charge in [0.15, 0.2) is 0 Å². The normalized spacial score (nSPS) is 22.2. The Labute approximate surface area is 101 Å². The minimum atomic E-state index is 0.310. The van der Waals surface area contributed by atoms with Gasteiger partial charge in [0.2, 0.25) is 0 Å².